The van der Waals surface area contributed by atoms with Gasteiger partial charge in [0.15, 0.2) is 14.9 Å². The molecule has 1 aromatic rings. The van der Waals surface area contributed by atoms with Gasteiger partial charge in [0.05, 0.1) is 12.3 Å². The molecule has 0 radical (unpaired) electrons. The van der Waals surface area contributed by atoms with Crippen LogP contribution >= 0.6 is 12.4 Å². The van der Waals surface area contributed by atoms with Crippen molar-refractivity contribution in [3.05, 3.63) is 17.8 Å². The van der Waals surface area contributed by atoms with Gasteiger partial charge in [0, 0.05) is 12.3 Å². The van der Waals surface area contributed by atoms with Gasteiger partial charge in [-0.25, -0.2) is 13.4 Å². The maximum absolute atomic E-state index is 11.4. The summed E-state index contributed by atoms with van der Waals surface area (Å²) < 4.78 is 28.6. The summed E-state index contributed by atoms with van der Waals surface area (Å²) in [5, 5.41) is 0.0889. The zero-order chi connectivity index (χ0) is 14.8. The Bertz CT molecular complexity index is 570. The Labute approximate surface area is 132 Å². The van der Waals surface area contributed by atoms with Gasteiger partial charge in [-0.2, -0.15) is 0 Å². The Kier molecular flexibility index (Phi) is 6.43. The number of nitrogens with two attached hydrogens (primary N) is 1. The molecular formula is C14H23ClN2O3S. The smallest absolute Gasteiger partial charge is 0.192 e. The molecule has 0 atom stereocenters. The minimum absolute atomic E-state index is 0. The van der Waals surface area contributed by atoms with E-state index in [1.54, 1.807) is 13.0 Å². The van der Waals surface area contributed by atoms with Gasteiger partial charge in [0.1, 0.15) is 5.75 Å². The topological polar surface area (TPSA) is 82.3 Å². The molecule has 0 unspecified atom stereocenters. The number of aromatic nitrogens is 1. The third kappa shape index (κ3) is 5.13. The Hall–Kier alpha value is -0.850. The van der Waals surface area contributed by atoms with Crippen molar-refractivity contribution < 1.29 is 13.2 Å². The quantitative estimate of drug-likeness (QED) is 0.911. The van der Waals surface area contributed by atoms with Gasteiger partial charge in [0.25, 0.3) is 0 Å². The summed E-state index contributed by atoms with van der Waals surface area (Å²) in [6.45, 7) is 2.41. The monoisotopic (exact) mass is 334 g/mol. The van der Waals surface area contributed by atoms with Crippen LogP contribution in [0.15, 0.2) is 17.2 Å². The Morgan fingerprint density at radius 3 is 2.43 bits per heavy atom. The van der Waals surface area contributed by atoms with E-state index in [9.17, 15) is 8.42 Å². The number of rotatable bonds is 4. The summed E-state index contributed by atoms with van der Waals surface area (Å²) in [5.41, 5.74) is 6.49. The molecule has 7 heteroatoms. The summed E-state index contributed by atoms with van der Waals surface area (Å²) in [6, 6.07) is 3.52. The molecule has 0 spiro atoms. The van der Waals surface area contributed by atoms with Crippen molar-refractivity contribution in [3.63, 3.8) is 0 Å². The van der Waals surface area contributed by atoms with E-state index < -0.39 is 9.84 Å². The van der Waals surface area contributed by atoms with Crippen LogP contribution in [-0.2, 0) is 9.84 Å². The second kappa shape index (κ2) is 7.42. The maximum atomic E-state index is 11.4. The molecule has 1 fully saturated rings. The molecule has 1 aromatic heterocycles. The first-order chi connectivity index (χ1) is 9.36. The second-order valence-corrected chi connectivity index (χ2v) is 7.56. The first kappa shape index (κ1) is 18.2. The highest BCUT2D eigenvalue weighted by Crippen LogP contribution is 2.25. The number of hydrogen-bond acceptors (Lipinski definition) is 5. The molecular weight excluding hydrogens is 312 g/mol. The van der Waals surface area contributed by atoms with Crippen molar-refractivity contribution in [2.75, 3.05) is 12.9 Å². The number of pyridine rings is 1. The predicted molar refractivity (Wildman–Crippen MR) is 84.8 cm³/mol. The summed E-state index contributed by atoms with van der Waals surface area (Å²) >= 11 is 0. The van der Waals surface area contributed by atoms with Crippen LogP contribution in [-0.4, -0.2) is 32.3 Å². The van der Waals surface area contributed by atoms with E-state index in [-0.39, 0.29) is 17.4 Å². The number of aryl methyl sites for hydroxylation is 1. The lowest BCUT2D eigenvalue weighted by molar-refractivity contribution is 0.199. The fraction of sp³-hybridized carbons (Fsp3) is 0.643. The molecule has 5 nitrogen and oxygen atoms in total. The largest absolute Gasteiger partial charge is 0.491 e. The van der Waals surface area contributed by atoms with E-state index in [1.165, 1.54) is 6.07 Å². The number of sulfone groups is 1. The number of halogens is 1. The maximum Gasteiger partial charge on any atom is 0.192 e. The molecule has 0 aromatic carbocycles. The molecule has 1 saturated carbocycles. The van der Waals surface area contributed by atoms with E-state index in [1.807, 2.05) is 0 Å². The Morgan fingerprint density at radius 2 is 1.90 bits per heavy atom. The molecule has 0 amide bonds. The lowest BCUT2D eigenvalue weighted by Gasteiger charge is -2.26. The second-order valence-electron chi connectivity index (χ2n) is 5.60. The highest BCUT2D eigenvalue weighted by molar-refractivity contribution is 7.90. The molecule has 21 heavy (non-hydrogen) atoms. The van der Waals surface area contributed by atoms with Crippen LogP contribution < -0.4 is 10.5 Å². The molecule has 0 bridgehead atoms. The standard InChI is InChI=1S/C14H22N2O3S.ClH/c1-10-13(7-8-14(16-10)20(2,17)18)19-9-11-3-5-12(15)6-4-11;/h7-8,11-12H,3-6,9,15H2,1-2H3;1H. The molecule has 120 valence electrons. The van der Waals surface area contributed by atoms with Crippen molar-refractivity contribution in [1.29, 1.82) is 0 Å². The lowest BCUT2D eigenvalue weighted by Crippen LogP contribution is -2.28. The summed E-state index contributed by atoms with van der Waals surface area (Å²) in [5.74, 6) is 1.19. The average molecular weight is 335 g/mol. The summed E-state index contributed by atoms with van der Waals surface area (Å²) in [7, 11) is -3.26. The number of hydrogen-bond donors (Lipinski definition) is 1. The third-order valence-electron chi connectivity index (χ3n) is 3.76. The van der Waals surface area contributed by atoms with Crippen LogP contribution in [0.5, 0.6) is 5.75 Å². The van der Waals surface area contributed by atoms with Crippen LogP contribution in [0.25, 0.3) is 0 Å². The fourth-order valence-electron chi connectivity index (χ4n) is 2.45. The van der Waals surface area contributed by atoms with Crippen molar-refractivity contribution in [2.45, 2.75) is 43.7 Å². The van der Waals surface area contributed by atoms with Gasteiger partial charge in [-0.15, -0.1) is 12.4 Å². The molecule has 2 rings (SSSR count). The predicted octanol–water partition coefficient (Wildman–Crippen LogP) is 2.11. The van der Waals surface area contributed by atoms with Crippen molar-refractivity contribution in [1.82, 2.24) is 4.98 Å². The van der Waals surface area contributed by atoms with Gasteiger partial charge in [-0.05, 0) is 50.7 Å². The highest BCUT2D eigenvalue weighted by atomic mass is 35.5. The molecule has 0 saturated heterocycles. The van der Waals surface area contributed by atoms with E-state index in [0.29, 0.717) is 30.0 Å². The van der Waals surface area contributed by atoms with Crippen molar-refractivity contribution in [2.24, 2.45) is 11.7 Å². The zero-order valence-corrected chi connectivity index (χ0v) is 14.0. The van der Waals surface area contributed by atoms with Gasteiger partial charge in [-0.1, -0.05) is 0 Å². The van der Waals surface area contributed by atoms with Crippen LogP contribution in [0.4, 0.5) is 0 Å². The molecule has 2 N–H and O–H groups in total. The van der Waals surface area contributed by atoms with Crippen LogP contribution in [0.1, 0.15) is 31.4 Å². The van der Waals surface area contributed by atoms with E-state index in [0.717, 1.165) is 31.9 Å². The van der Waals surface area contributed by atoms with Crippen LogP contribution in [0.3, 0.4) is 0 Å². The minimum Gasteiger partial charge on any atom is -0.491 e. The van der Waals surface area contributed by atoms with Crippen LogP contribution in [0, 0.1) is 12.8 Å². The number of ether oxygens (including phenoxy) is 1. The average Bonchev–Trinajstić information content (AvgIpc) is 2.38. The normalized spacial score (nSPS) is 22.4. The number of nitrogens with zero attached hydrogens (tertiary/aromatic N) is 1. The van der Waals surface area contributed by atoms with Crippen molar-refractivity contribution >= 4 is 22.2 Å². The van der Waals surface area contributed by atoms with Gasteiger partial charge < -0.3 is 10.5 Å². The summed E-state index contributed by atoms with van der Waals surface area (Å²) in [4.78, 5) is 4.09. The van der Waals surface area contributed by atoms with E-state index in [2.05, 4.69) is 4.98 Å². The van der Waals surface area contributed by atoms with Crippen LogP contribution in [0.2, 0.25) is 0 Å². The van der Waals surface area contributed by atoms with E-state index >= 15 is 0 Å². The Balaban J connectivity index is 0.00000220. The fourth-order valence-corrected chi connectivity index (χ4v) is 3.06. The zero-order valence-electron chi connectivity index (χ0n) is 12.4. The van der Waals surface area contributed by atoms with E-state index in [4.69, 9.17) is 10.5 Å². The van der Waals surface area contributed by atoms with Gasteiger partial charge >= 0.3 is 0 Å². The molecule has 1 aliphatic carbocycles. The first-order valence-corrected chi connectivity index (χ1v) is 8.81. The van der Waals surface area contributed by atoms with Gasteiger partial charge in [-0.3, -0.25) is 0 Å². The minimum atomic E-state index is -3.26. The lowest BCUT2D eigenvalue weighted by atomic mass is 9.87. The third-order valence-corrected chi connectivity index (χ3v) is 4.74. The first-order valence-electron chi connectivity index (χ1n) is 6.92. The van der Waals surface area contributed by atoms with Crippen molar-refractivity contribution in [3.8, 4) is 5.75 Å². The summed E-state index contributed by atoms with van der Waals surface area (Å²) in [6.07, 6.45) is 5.45. The molecule has 0 aliphatic heterocycles. The SMILES string of the molecule is Cc1nc(S(C)(=O)=O)ccc1OCC1CCC(N)CC1.Cl. The highest BCUT2D eigenvalue weighted by Gasteiger charge is 2.19. The molecule has 1 heterocycles. The Morgan fingerprint density at radius 1 is 1.29 bits per heavy atom. The molecule has 1 aliphatic rings. The van der Waals surface area contributed by atoms with Gasteiger partial charge in [0.2, 0.25) is 0 Å².